The van der Waals surface area contributed by atoms with Gasteiger partial charge in [-0.1, -0.05) is 48.2 Å². The number of nitrogens with zero attached hydrogens (tertiary/aromatic N) is 3. The van der Waals surface area contributed by atoms with Crippen LogP contribution in [0.15, 0.2) is 77.8 Å². The van der Waals surface area contributed by atoms with Crippen LogP contribution < -0.4 is 10.1 Å². The fourth-order valence-corrected chi connectivity index (χ4v) is 5.29. The fourth-order valence-electron chi connectivity index (χ4n) is 3.57. The van der Waals surface area contributed by atoms with Gasteiger partial charge in [-0.25, -0.2) is 4.79 Å². The molecule has 8 nitrogen and oxygen atoms in total. The Bertz CT molecular complexity index is 1420. The number of nitrogens with one attached hydrogen (secondary N) is 1. The average Bonchev–Trinajstić information content (AvgIpc) is 3.52. The average molecular weight is 557 g/mol. The van der Waals surface area contributed by atoms with Crippen molar-refractivity contribution in [2.24, 2.45) is 0 Å². The lowest BCUT2D eigenvalue weighted by Gasteiger charge is -2.09. The lowest BCUT2D eigenvalue weighted by atomic mass is 10.0. The summed E-state index contributed by atoms with van der Waals surface area (Å²) in [6.07, 6.45) is 1.66. The molecule has 0 spiro atoms. The third-order valence-corrected chi connectivity index (χ3v) is 7.08. The number of aromatic nitrogens is 3. The highest BCUT2D eigenvalue weighted by Gasteiger charge is 2.23. The number of methoxy groups -OCH3 is 1. The topological polar surface area (TPSA) is 95.3 Å². The van der Waals surface area contributed by atoms with Gasteiger partial charge in [-0.3, -0.25) is 9.36 Å². The van der Waals surface area contributed by atoms with Crippen LogP contribution in [0.1, 0.15) is 10.4 Å². The number of alkyl halides is 2. The van der Waals surface area contributed by atoms with E-state index >= 15 is 0 Å². The van der Waals surface area contributed by atoms with Crippen LogP contribution in [0.25, 0.3) is 22.5 Å². The Morgan fingerprint density at radius 2 is 1.87 bits per heavy atom. The van der Waals surface area contributed by atoms with E-state index in [1.807, 2.05) is 30.3 Å². The molecule has 0 radical (unpaired) electrons. The van der Waals surface area contributed by atoms with Crippen molar-refractivity contribution < 1.29 is 27.8 Å². The Kier molecular flexibility index (Phi) is 8.87. The summed E-state index contributed by atoms with van der Waals surface area (Å²) in [5.41, 5.74) is 2.43. The number of thiophene rings is 1. The van der Waals surface area contributed by atoms with Crippen LogP contribution in [0.3, 0.4) is 0 Å². The van der Waals surface area contributed by atoms with Gasteiger partial charge in [0.25, 0.3) is 0 Å². The van der Waals surface area contributed by atoms with Crippen LogP contribution >= 0.6 is 23.1 Å². The first-order valence-corrected chi connectivity index (χ1v) is 13.0. The van der Waals surface area contributed by atoms with E-state index in [0.29, 0.717) is 39.2 Å². The summed E-state index contributed by atoms with van der Waals surface area (Å²) in [4.78, 5) is 25.4. The van der Waals surface area contributed by atoms with E-state index in [2.05, 4.69) is 26.8 Å². The van der Waals surface area contributed by atoms with Crippen molar-refractivity contribution in [1.82, 2.24) is 14.8 Å². The number of carbonyl (C=O) groups excluding carboxylic acids is 2. The fraction of sp³-hybridized carbons (Fsp3) is 0.154. The molecule has 0 unspecified atom stereocenters. The zero-order valence-corrected chi connectivity index (χ0v) is 21.7. The molecule has 12 heteroatoms. The standard InChI is InChI=1S/C26H22F2N4O4S2/c1-3-13-32-22(17-9-11-18(12-10-17)36-25(27)28)30-31-26(32)38-15-20(33)29-23-21(24(34)35-2)19(14-37-23)16-7-5-4-6-8-16/h3-12,14,25H,1,13,15H2,2H3,(H,29,33). The maximum atomic E-state index is 12.8. The minimum Gasteiger partial charge on any atom is -0.465 e. The predicted octanol–water partition coefficient (Wildman–Crippen LogP) is 5.98. The van der Waals surface area contributed by atoms with Crippen molar-refractivity contribution in [3.63, 3.8) is 0 Å². The van der Waals surface area contributed by atoms with Crippen LogP contribution in [-0.4, -0.2) is 46.1 Å². The number of amides is 1. The van der Waals surface area contributed by atoms with Crippen LogP contribution in [0.4, 0.5) is 13.8 Å². The Balaban J connectivity index is 1.49. The van der Waals surface area contributed by atoms with E-state index in [9.17, 15) is 18.4 Å². The summed E-state index contributed by atoms with van der Waals surface area (Å²) in [5.74, 6) is -0.385. The van der Waals surface area contributed by atoms with Crippen LogP contribution in [0.2, 0.25) is 0 Å². The molecule has 0 aliphatic carbocycles. The van der Waals surface area contributed by atoms with E-state index < -0.39 is 12.6 Å². The van der Waals surface area contributed by atoms with Crippen molar-refractivity contribution in [3.05, 3.63) is 78.2 Å². The van der Waals surface area contributed by atoms with Crippen LogP contribution in [0.5, 0.6) is 5.75 Å². The Morgan fingerprint density at radius 1 is 1.13 bits per heavy atom. The molecule has 1 N–H and O–H groups in total. The molecule has 0 aliphatic heterocycles. The number of carbonyl (C=O) groups is 2. The molecule has 4 rings (SSSR count). The first kappa shape index (κ1) is 27.0. The quantitative estimate of drug-likeness (QED) is 0.138. The zero-order valence-electron chi connectivity index (χ0n) is 20.1. The molecule has 0 aliphatic rings. The summed E-state index contributed by atoms with van der Waals surface area (Å²) in [6.45, 7) is 1.21. The van der Waals surface area contributed by atoms with E-state index in [1.54, 1.807) is 28.2 Å². The number of hydrogen-bond acceptors (Lipinski definition) is 8. The van der Waals surface area contributed by atoms with Gasteiger partial charge in [-0.05, 0) is 29.8 Å². The summed E-state index contributed by atoms with van der Waals surface area (Å²) in [5, 5.41) is 13.9. The molecule has 2 aromatic heterocycles. The SMILES string of the molecule is C=CCn1c(SCC(=O)Nc2scc(-c3ccccc3)c2C(=O)OC)nnc1-c1ccc(OC(F)F)cc1. The molecule has 4 aromatic rings. The Morgan fingerprint density at radius 3 is 2.53 bits per heavy atom. The van der Waals surface area contributed by atoms with Crippen LogP contribution in [-0.2, 0) is 16.1 Å². The van der Waals surface area contributed by atoms with Gasteiger partial charge in [-0.15, -0.1) is 28.1 Å². The second-order valence-corrected chi connectivity index (χ2v) is 9.48. The molecule has 2 heterocycles. The van der Waals surface area contributed by atoms with E-state index in [0.717, 1.165) is 17.3 Å². The van der Waals surface area contributed by atoms with Gasteiger partial charge in [0.1, 0.15) is 16.3 Å². The molecule has 196 valence electrons. The van der Waals surface area contributed by atoms with Gasteiger partial charge in [-0.2, -0.15) is 8.78 Å². The minimum absolute atomic E-state index is 0.00434. The van der Waals surface area contributed by atoms with Gasteiger partial charge >= 0.3 is 12.6 Å². The molecule has 1 amide bonds. The summed E-state index contributed by atoms with van der Waals surface area (Å²) >= 11 is 2.40. The van der Waals surface area contributed by atoms with E-state index in [1.165, 1.54) is 30.6 Å². The first-order chi connectivity index (χ1) is 18.4. The number of rotatable bonds is 11. The normalized spacial score (nSPS) is 10.8. The smallest absolute Gasteiger partial charge is 0.387 e. The highest BCUT2D eigenvalue weighted by Crippen LogP contribution is 2.36. The van der Waals surface area contributed by atoms with E-state index in [4.69, 9.17) is 4.74 Å². The molecule has 2 aromatic carbocycles. The third kappa shape index (κ3) is 6.26. The van der Waals surface area contributed by atoms with Crippen molar-refractivity contribution in [2.45, 2.75) is 18.3 Å². The number of ether oxygens (including phenoxy) is 2. The number of anilines is 1. The summed E-state index contributed by atoms with van der Waals surface area (Å²) < 4.78 is 36.0. The number of allylic oxidation sites excluding steroid dienone is 1. The maximum Gasteiger partial charge on any atom is 0.387 e. The molecular weight excluding hydrogens is 534 g/mol. The van der Waals surface area contributed by atoms with Crippen molar-refractivity contribution in [1.29, 1.82) is 0 Å². The third-order valence-electron chi connectivity index (χ3n) is 5.22. The number of halogens is 2. The Hall–Kier alpha value is -4.03. The van der Waals surface area contributed by atoms with Crippen LogP contribution in [0, 0.1) is 0 Å². The lowest BCUT2D eigenvalue weighted by Crippen LogP contribution is -2.16. The van der Waals surface area contributed by atoms with Gasteiger partial charge in [0, 0.05) is 23.1 Å². The number of thioether (sulfide) groups is 1. The summed E-state index contributed by atoms with van der Waals surface area (Å²) in [6, 6.07) is 15.4. The molecule has 38 heavy (non-hydrogen) atoms. The highest BCUT2D eigenvalue weighted by atomic mass is 32.2. The van der Waals surface area contributed by atoms with Gasteiger partial charge in [0.05, 0.1) is 12.9 Å². The second-order valence-electron chi connectivity index (χ2n) is 7.66. The predicted molar refractivity (Wildman–Crippen MR) is 143 cm³/mol. The largest absolute Gasteiger partial charge is 0.465 e. The first-order valence-electron chi connectivity index (χ1n) is 11.2. The highest BCUT2D eigenvalue weighted by molar-refractivity contribution is 7.99. The molecule has 0 saturated heterocycles. The van der Waals surface area contributed by atoms with E-state index in [-0.39, 0.29) is 17.4 Å². The lowest BCUT2D eigenvalue weighted by molar-refractivity contribution is -0.113. The van der Waals surface area contributed by atoms with Gasteiger partial charge in [0.2, 0.25) is 5.91 Å². The van der Waals surface area contributed by atoms with Crippen molar-refractivity contribution >= 4 is 40.0 Å². The second kappa shape index (κ2) is 12.5. The monoisotopic (exact) mass is 556 g/mol. The van der Waals surface area contributed by atoms with Gasteiger partial charge in [0.15, 0.2) is 11.0 Å². The van der Waals surface area contributed by atoms with Gasteiger partial charge < -0.3 is 14.8 Å². The molecule has 0 bridgehead atoms. The minimum atomic E-state index is -2.91. The molecule has 0 fully saturated rings. The summed E-state index contributed by atoms with van der Waals surface area (Å²) in [7, 11) is 1.29. The number of esters is 1. The zero-order chi connectivity index (χ0) is 27.1. The van der Waals surface area contributed by atoms with Crippen molar-refractivity contribution in [2.75, 3.05) is 18.2 Å². The Labute approximate surface area is 225 Å². The molecule has 0 atom stereocenters. The number of benzene rings is 2. The molecular formula is C26H22F2N4O4S2. The molecule has 0 saturated carbocycles. The van der Waals surface area contributed by atoms with Crippen molar-refractivity contribution in [3.8, 4) is 28.3 Å². The number of hydrogen-bond donors (Lipinski definition) is 1. The maximum absolute atomic E-state index is 12.8.